The molecule has 3 nitrogen and oxygen atoms in total. The van der Waals surface area contributed by atoms with E-state index in [9.17, 15) is 9.81 Å². The van der Waals surface area contributed by atoms with Crippen LogP contribution in [-0.4, -0.2) is 9.30 Å². The molecule has 0 aromatic heterocycles. The van der Waals surface area contributed by atoms with Gasteiger partial charge in [0.1, 0.15) is 4.75 Å². The largest absolute Gasteiger partial charge is 0.598 e. The summed E-state index contributed by atoms with van der Waals surface area (Å²) in [5.74, 6) is 0. The summed E-state index contributed by atoms with van der Waals surface area (Å²) in [6, 6.07) is 8.46. The fraction of sp³-hybridized carbons (Fsp3) is 0.632. The van der Waals surface area contributed by atoms with Gasteiger partial charge in [0.05, 0.1) is 17.7 Å². The van der Waals surface area contributed by atoms with E-state index in [0.717, 1.165) is 24.8 Å². The van der Waals surface area contributed by atoms with Gasteiger partial charge in [0.15, 0.2) is 0 Å². The Morgan fingerprint density at radius 3 is 2.57 bits per heavy atom. The highest BCUT2D eigenvalue weighted by atomic mass is 32.2. The summed E-state index contributed by atoms with van der Waals surface area (Å²) in [7, 11) is 0. The first-order valence-corrected chi connectivity index (χ1v) is 9.72. The van der Waals surface area contributed by atoms with Gasteiger partial charge in [-0.1, -0.05) is 31.4 Å². The number of hydrogen-bond acceptors (Lipinski definition) is 3. The number of benzene rings is 1. The van der Waals surface area contributed by atoms with E-state index in [0.29, 0.717) is 0 Å². The van der Waals surface area contributed by atoms with Gasteiger partial charge in [-0.25, -0.2) is 0 Å². The van der Waals surface area contributed by atoms with Crippen LogP contribution in [0.2, 0.25) is 0 Å². The summed E-state index contributed by atoms with van der Waals surface area (Å²) in [5.41, 5.74) is 3.30. The van der Waals surface area contributed by atoms with E-state index in [2.05, 4.69) is 16.9 Å². The predicted octanol–water partition coefficient (Wildman–Crippen LogP) is 4.16. The minimum Gasteiger partial charge on any atom is -0.598 e. The summed E-state index contributed by atoms with van der Waals surface area (Å²) in [6.07, 6.45) is 7.02. The monoisotopic (exact) mass is 330 g/mol. The van der Waals surface area contributed by atoms with Crippen LogP contribution in [0.25, 0.3) is 0 Å². The van der Waals surface area contributed by atoms with Crippen molar-refractivity contribution >= 4 is 11.4 Å². The SMILES string of the molecule is CC(C)(C)[S+]([O-])N[C@@H]1c2cccc(C#N)c2CC12CCCCC2. The van der Waals surface area contributed by atoms with Crippen LogP contribution in [0.1, 0.15) is 75.6 Å². The lowest BCUT2D eigenvalue weighted by Gasteiger charge is -2.40. The van der Waals surface area contributed by atoms with Gasteiger partial charge >= 0.3 is 0 Å². The molecule has 1 aromatic carbocycles. The minimum absolute atomic E-state index is 0.103. The molecule has 0 aliphatic heterocycles. The molecule has 0 saturated heterocycles. The van der Waals surface area contributed by atoms with Crippen LogP contribution in [0.3, 0.4) is 0 Å². The van der Waals surface area contributed by atoms with Gasteiger partial charge in [0.25, 0.3) is 0 Å². The molecule has 1 fully saturated rings. The van der Waals surface area contributed by atoms with Crippen molar-refractivity contribution in [2.75, 3.05) is 0 Å². The summed E-state index contributed by atoms with van der Waals surface area (Å²) in [5, 5.41) is 9.46. The van der Waals surface area contributed by atoms with Crippen LogP contribution in [0.4, 0.5) is 0 Å². The molecule has 0 heterocycles. The van der Waals surface area contributed by atoms with Gasteiger partial charge in [-0.15, -0.1) is 4.72 Å². The topological polar surface area (TPSA) is 58.9 Å². The Bertz CT molecular complexity index is 623. The average Bonchev–Trinajstić information content (AvgIpc) is 2.80. The fourth-order valence-corrected chi connectivity index (χ4v) is 5.10. The first-order chi connectivity index (χ1) is 10.9. The second-order valence-electron chi connectivity index (χ2n) is 8.02. The Morgan fingerprint density at radius 2 is 1.96 bits per heavy atom. The lowest BCUT2D eigenvalue weighted by molar-refractivity contribution is 0.152. The summed E-state index contributed by atoms with van der Waals surface area (Å²) < 4.78 is 15.9. The highest BCUT2D eigenvalue weighted by molar-refractivity contribution is 7.90. The lowest BCUT2D eigenvalue weighted by atomic mass is 9.69. The second kappa shape index (κ2) is 6.12. The number of nitrogens with one attached hydrogen (secondary N) is 1. The van der Waals surface area contributed by atoms with E-state index in [1.54, 1.807) is 0 Å². The molecular formula is C19H26N2OS. The Kier molecular flexibility index (Phi) is 4.48. The first kappa shape index (κ1) is 16.8. The van der Waals surface area contributed by atoms with E-state index in [4.69, 9.17) is 0 Å². The second-order valence-corrected chi connectivity index (χ2v) is 10.0. The third kappa shape index (κ3) is 3.03. The average molecular weight is 330 g/mol. The minimum atomic E-state index is -1.10. The molecule has 1 N–H and O–H groups in total. The number of nitrogens with zero attached hydrogens (tertiary/aromatic N) is 1. The standard InChI is InChI=1S/C19H26N2OS/c1-18(2,3)23(22)21-17-15-9-7-8-14(13-20)16(15)12-19(17)10-5-4-6-11-19/h7-9,17,21H,4-6,10-12H2,1-3H3/t17-,23?/m1/s1. The van der Waals surface area contributed by atoms with Crippen LogP contribution < -0.4 is 4.72 Å². The van der Waals surface area contributed by atoms with E-state index in [1.165, 1.54) is 30.4 Å². The molecule has 0 radical (unpaired) electrons. The molecule has 4 heteroatoms. The normalized spacial score (nSPS) is 24.2. The van der Waals surface area contributed by atoms with Crippen molar-refractivity contribution in [3.63, 3.8) is 0 Å². The van der Waals surface area contributed by atoms with Crippen molar-refractivity contribution in [2.45, 2.75) is 70.1 Å². The maximum Gasteiger partial charge on any atom is 0.136 e. The highest BCUT2D eigenvalue weighted by Gasteiger charge is 2.50. The van der Waals surface area contributed by atoms with Crippen LogP contribution in [-0.2, 0) is 17.8 Å². The molecule has 2 atom stereocenters. The van der Waals surface area contributed by atoms with Crippen LogP contribution in [0, 0.1) is 16.7 Å². The summed E-state index contributed by atoms with van der Waals surface area (Å²) in [4.78, 5) is 0. The molecule has 1 unspecified atom stereocenters. The highest BCUT2D eigenvalue weighted by Crippen LogP contribution is 2.55. The van der Waals surface area contributed by atoms with E-state index in [-0.39, 0.29) is 16.2 Å². The molecule has 2 aliphatic rings. The lowest BCUT2D eigenvalue weighted by Crippen LogP contribution is -2.46. The van der Waals surface area contributed by atoms with Gasteiger partial charge in [-0.3, -0.25) is 0 Å². The number of hydrogen-bond donors (Lipinski definition) is 1. The van der Waals surface area contributed by atoms with Gasteiger partial charge < -0.3 is 4.55 Å². The zero-order valence-corrected chi connectivity index (χ0v) is 15.1. The van der Waals surface area contributed by atoms with Crippen molar-refractivity contribution in [1.82, 2.24) is 4.72 Å². The molecule has 0 bridgehead atoms. The van der Waals surface area contributed by atoms with Gasteiger partial charge in [-0.2, -0.15) is 5.26 Å². The van der Waals surface area contributed by atoms with E-state index in [1.807, 2.05) is 32.9 Å². The number of rotatable bonds is 2. The Morgan fingerprint density at radius 1 is 1.26 bits per heavy atom. The summed E-state index contributed by atoms with van der Waals surface area (Å²) in [6.45, 7) is 6.02. The van der Waals surface area contributed by atoms with Crippen molar-refractivity contribution < 1.29 is 4.55 Å². The Balaban J connectivity index is 2.00. The third-order valence-corrected chi connectivity index (χ3v) is 6.98. The maximum atomic E-state index is 12.7. The Hall–Kier alpha value is -1.02. The third-order valence-electron chi connectivity index (χ3n) is 5.42. The van der Waals surface area contributed by atoms with Crippen LogP contribution >= 0.6 is 0 Å². The first-order valence-electron chi connectivity index (χ1n) is 8.57. The van der Waals surface area contributed by atoms with E-state index >= 15 is 0 Å². The van der Waals surface area contributed by atoms with Gasteiger partial charge in [0, 0.05) is 11.4 Å². The predicted molar refractivity (Wildman–Crippen MR) is 94.2 cm³/mol. The number of nitriles is 1. The zero-order chi connectivity index (χ0) is 16.7. The summed E-state index contributed by atoms with van der Waals surface area (Å²) >= 11 is -1.10. The Labute approximate surface area is 142 Å². The van der Waals surface area contributed by atoms with E-state index < -0.39 is 11.4 Å². The van der Waals surface area contributed by atoms with Crippen molar-refractivity contribution in [2.24, 2.45) is 5.41 Å². The van der Waals surface area contributed by atoms with Crippen molar-refractivity contribution in [3.05, 3.63) is 34.9 Å². The molecule has 1 spiro atoms. The fourth-order valence-electron chi connectivity index (χ4n) is 4.15. The van der Waals surface area contributed by atoms with Crippen molar-refractivity contribution in [1.29, 1.82) is 5.26 Å². The van der Waals surface area contributed by atoms with Gasteiger partial charge in [-0.05, 0) is 62.6 Å². The molecule has 124 valence electrons. The molecule has 1 aromatic rings. The van der Waals surface area contributed by atoms with Crippen LogP contribution in [0.5, 0.6) is 0 Å². The molecule has 3 rings (SSSR count). The van der Waals surface area contributed by atoms with Crippen LogP contribution in [0.15, 0.2) is 18.2 Å². The quantitative estimate of drug-likeness (QED) is 0.828. The van der Waals surface area contributed by atoms with Crippen molar-refractivity contribution in [3.8, 4) is 6.07 Å². The number of fused-ring (bicyclic) bond motifs is 1. The van der Waals surface area contributed by atoms with Gasteiger partial charge in [0.2, 0.25) is 0 Å². The molecule has 23 heavy (non-hydrogen) atoms. The molecule has 2 aliphatic carbocycles. The smallest absolute Gasteiger partial charge is 0.136 e. The molecular weight excluding hydrogens is 304 g/mol. The molecule has 0 amide bonds. The maximum absolute atomic E-state index is 12.7. The molecule has 1 saturated carbocycles. The zero-order valence-electron chi connectivity index (χ0n) is 14.3.